The average molecular weight is 487 g/mol. The summed E-state index contributed by atoms with van der Waals surface area (Å²) in [5.41, 5.74) is 7.28. The molecule has 10 heteroatoms. The van der Waals surface area contributed by atoms with Crippen molar-refractivity contribution < 1.29 is 14.1 Å². The second-order valence-electron chi connectivity index (χ2n) is 9.42. The maximum Gasteiger partial charge on any atom is 0.241 e. The fraction of sp³-hybridized carbons (Fsp3) is 0.542. The van der Waals surface area contributed by atoms with Gasteiger partial charge in [-0.15, -0.1) is 0 Å². The topological polar surface area (TPSA) is 103 Å². The van der Waals surface area contributed by atoms with Gasteiger partial charge in [-0.2, -0.15) is 4.98 Å². The normalized spacial score (nSPS) is 20.8. The molecule has 0 spiro atoms. The molecule has 0 bridgehead atoms. The van der Waals surface area contributed by atoms with Crippen LogP contribution in [0.1, 0.15) is 25.7 Å². The van der Waals surface area contributed by atoms with E-state index in [0.29, 0.717) is 30.7 Å². The van der Waals surface area contributed by atoms with Gasteiger partial charge in [-0.3, -0.25) is 14.6 Å². The van der Waals surface area contributed by atoms with E-state index in [-0.39, 0.29) is 11.9 Å². The summed E-state index contributed by atoms with van der Waals surface area (Å²) in [5, 5.41) is 6.06. The molecule has 34 heavy (non-hydrogen) atoms. The number of aromatic nitrogens is 3. The maximum absolute atomic E-state index is 11.2. The van der Waals surface area contributed by atoms with Gasteiger partial charge in [0.15, 0.2) is 0 Å². The molecule has 2 fully saturated rings. The summed E-state index contributed by atoms with van der Waals surface area (Å²) in [6.45, 7) is 7.89. The SMILES string of the molecule is C[C@@H]1CN(CC(N)=O)CCN1Cc1nc(-c2cn(CC3CCOCC3)c3c(Cl)cccc23)no1. The van der Waals surface area contributed by atoms with Crippen molar-refractivity contribution in [3.8, 4) is 11.4 Å². The molecule has 9 nitrogen and oxygen atoms in total. The number of para-hydroxylation sites is 1. The Morgan fingerprint density at radius 2 is 2.09 bits per heavy atom. The first kappa shape index (κ1) is 23.3. The molecular weight excluding hydrogens is 456 g/mol. The Labute approximate surface area is 203 Å². The fourth-order valence-electron chi connectivity index (χ4n) is 5.12. The van der Waals surface area contributed by atoms with Crippen LogP contribution in [0, 0.1) is 5.92 Å². The highest BCUT2D eigenvalue weighted by molar-refractivity contribution is 6.35. The van der Waals surface area contributed by atoms with Crippen LogP contribution in [0.4, 0.5) is 0 Å². The third-order valence-corrected chi connectivity index (χ3v) is 7.23. The molecule has 4 heterocycles. The number of fused-ring (bicyclic) bond motifs is 1. The third-order valence-electron chi connectivity index (χ3n) is 6.92. The zero-order valence-electron chi connectivity index (χ0n) is 19.5. The van der Waals surface area contributed by atoms with Crippen molar-refractivity contribution in [2.75, 3.05) is 39.4 Å². The highest BCUT2D eigenvalue weighted by Crippen LogP contribution is 2.34. The summed E-state index contributed by atoms with van der Waals surface area (Å²) in [4.78, 5) is 20.3. The summed E-state index contributed by atoms with van der Waals surface area (Å²) in [5.74, 6) is 1.42. The van der Waals surface area contributed by atoms with Crippen molar-refractivity contribution in [3.05, 3.63) is 35.3 Å². The number of carbonyl (C=O) groups excluding carboxylic acids is 1. The van der Waals surface area contributed by atoms with Crippen LogP contribution < -0.4 is 5.73 Å². The van der Waals surface area contributed by atoms with Gasteiger partial charge in [0.2, 0.25) is 17.6 Å². The van der Waals surface area contributed by atoms with E-state index < -0.39 is 0 Å². The molecule has 2 aliphatic heterocycles. The standard InChI is InChI=1S/C24H31ClN6O3/c1-16-11-29(14-21(26)32)7-8-30(16)15-22-27-24(28-34-22)19-13-31(12-17-5-9-33-10-6-17)23-18(19)3-2-4-20(23)25/h2-4,13,16-17H,5-12,14-15H2,1H3,(H2,26,32)/t16-/m1/s1. The molecule has 182 valence electrons. The monoisotopic (exact) mass is 486 g/mol. The molecule has 0 aliphatic carbocycles. The number of nitrogens with zero attached hydrogens (tertiary/aromatic N) is 5. The van der Waals surface area contributed by atoms with Crippen LogP contribution in [0.3, 0.4) is 0 Å². The molecule has 2 N–H and O–H groups in total. The highest BCUT2D eigenvalue weighted by atomic mass is 35.5. The van der Waals surface area contributed by atoms with Gasteiger partial charge in [-0.1, -0.05) is 28.9 Å². The molecule has 2 aliphatic rings. The molecular formula is C24H31ClN6O3. The van der Waals surface area contributed by atoms with E-state index in [9.17, 15) is 4.79 Å². The lowest BCUT2D eigenvalue weighted by atomic mass is 10.0. The predicted molar refractivity (Wildman–Crippen MR) is 129 cm³/mol. The molecule has 5 rings (SSSR count). The zero-order valence-corrected chi connectivity index (χ0v) is 20.2. The number of halogens is 1. The van der Waals surface area contributed by atoms with Gasteiger partial charge in [-0.25, -0.2) is 0 Å². The third kappa shape index (κ3) is 4.98. The van der Waals surface area contributed by atoms with Crippen molar-refractivity contribution in [2.24, 2.45) is 11.7 Å². The van der Waals surface area contributed by atoms with Crippen LogP contribution in [0.5, 0.6) is 0 Å². The molecule has 1 aromatic carbocycles. The minimum atomic E-state index is -0.293. The van der Waals surface area contributed by atoms with Crippen LogP contribution in [-0.4, -0.2) is 75.8 Å². The van der Waals surface area contributed by atoms with Gasteiger partial charge < -0.3 is 19.6 Å². The Bertz CT molecular complexity index is 1150. The zero-order chi connectivity index (χ0) is 23.7. The first-order valence-corrected chi connectivity index (χ1v) is 12.3. The van der Waals surface area contributed by atoms with E-state index in [1.807, 2.05) is 12.1 Å². The van der Waals surface area contributed by atoms with E-state index >= 15 is 0 Å². The smallest absolute Gasteiger partial charge is 0.241 e. The molecule has 3 aromatic rings. The van der Waals surface area contributed by atoms with Crippen LogP contribution in [0.2, 0.25) is 5.02 Å². The number of piperazine rings is 1. The van der Waals surface area contributed by atoms with Crippen molar-refractivity contribution in [3.63, 3.8) is 0 Å². The molecule has 1 amide bonds. The van der Waals surface area contributed by atoms with Crippen LogP contribution in [-0.2, 0) is 22.6 Å². The van der Waals surface area contributed by atoms with Gasteiger partial charge in [-0.05, 0) is 31.7 Å². The Hall–Kier alpha value is -2.46. The summed E-state index contributed by atoms with van der Waals surface area (Å²) in [6, 6.07) is 6.20. The van der Waals surface area contributed by atoms with Gasteiger partial charge in [0.05, 0.1) is 23.6 Å². The van der Waals surface area contributed by atoms with Gasteiger partial charge in [0.25, 0.3) is 0 Å². The minimum absolute atomic E-state index is 0.253. The second kappa shape index (κ2) is 10.0. The number of nitrogens with two attached hydrogens (primary N) is 1. The molecule has 2 saturated heterocycles. The lowest BCUT2D eigenvalue weighted by molar-refractivity contribution is -0.119. The lowest BCUT2D eigenvalue weighted by Crippen LogP contribution is -2.53. The number of benzene rings is 1. The second-order valence-corrected chi connectivity index (χ2v) is 9.83. The summed E-state index contributed by atoms with van der Waals surface area (Å²) >= 11 is 6.62. The fourth-order valence-corrected chi connectivity index (χ4v) is 5.40. The number of amides is 1. The number of carbonyl (C=O) groups is 1. The van der Waals surface area contributed by atoms with E-state index in [0.717, 1.165) is 73.7 Å². The van der Waals surface area contributed by atoms with Crippen molar-refractivity contribution in [1.82, 2.24) is 24.5 Å². The predicted octanol–water partition coefficient (Wildman–Crippen LogP) is 2.76. The maximum atomic E-state index is 11.2. The largest absolute Gasteiger partial charge is 0.381 e. The Kier molecular flexibility index (Phi) is 6.87. The number of ether oxygens (including phenoxy) is 1. The Morgan fingerprint density at radius 1 is 1.26 bits per heavy atom. The van der Waals surface area contributed by atoms with Crippen molar-refractivity contribution in [2.45, 2.75) is 38.9 Å². The van der Waals surface area contributed by atoms with E-state index in [1.54, 1.807) is 0 Å². The summed E-state index contributed by atoms with van der Waals surface area (Å²) in [6.07, 6.45) is 4.21. The van der Waals surface area contributed by atoms with Gasteiger partial charge in [0.1, 0.15) is 0 Å². The lowest BCUT2D eigenvalue weighted by Gasteiger charge is -2.38. The summed E-state index contributed by atoms with van der Waals surface area (Å²) in [7, 11) is 0. The molecule has 2 aromatic heterocycles. The minimum Gasteiger partial charge on any atom is -0.381 e. The highest BCUT2D eigenvalue weighted by Gasteiger charge is 2.27. The molecule has 0 saturated carbocycles. The van der Waals surface area contributed by atoms with E-state index in [4.69, 9.17) is 31.6 Å². The first-order chi connectivity index (χ1) is 16.5. The van der Waals surface area contributed by atoms with Crippen molar-refractivity contribution in [1.29, 1.82) is 0 Å². The van der Waals surface area contributed by atoms with E-state index in [2.05, 4.69) is 38.7 Å². The quantitative estimate of drug-likeness (QED) is 0.547. The van der Waals surface area contributed by atoms with Gasteiger partial charge >= 0.3 is 0 Å². The molecule has 0 unspecified atom stereocenters. The van der Waals surface area contributed by atoms with Crippen LogP contribution in [0.25, 0.3) is 22.3 Å². The molecule has 0 radical (unpaired) electrons. The van der Waals surface area contributed by atoms with Crippen LogP contribution in [0.15, 0.2) is 28.9 Å². The van der Waals surface area contributed by atoms with Gasteiger partial charge in [0, 0.05) is 62.6 Å². The Morgan fingerprint density at radius 3 is 2.85 bits per heavy atom. The first-order valence-electron chi connectivity index (χ1n) is 11.9. The number of rotatable bonds is 7. The van der Waals surface area contributed by atoms with E-state index in [1.165, 1.54) is 0 Å². The summed E-state index contributed by atoms with van der Waals surface area (Å²) < 4.78 is 13.4. The Balaban J connectivity index is 1.34. The van der Waals surface area contributed by atoms with Crippen LogP contribution >= 0.6 is 11.6 Å². The van der Waals surface area contributed by atoms with Crippen molar-refractivity contribution >= 4 is 28.4 Å². The average Bonchev–Trinajstić information content (AvgIpc) is 3.41. The number of primary amides is 1. The number of hydrogen-bond acceptors (Lipinski definition) is 7. The number of hydrogen-bond donors (Lipinski definition) is 1. The molecule has 1 atom stereocenters.